The SMILES string of the molecule is CN1CC[C@H](NC(=O)c2ccc(C#N)cn2)[C@@H]1c1ccc(Cl)cc1. The van der Waals surface area contributed by atoms with Crippen LogP contribution in [0, 0.1) is 11.3 Å². The second-order valence-corrected chi connectivity index (χ2v) is 6.33. The molecule has 0 bridgehead atoms. The smallest absolute Gasteiger partial charge is 0.270 e. The van der Waals surface area contributed by atoms with Gasteiger partial charge in [-0.05, 0) is 43.3 Å². The molecule has 1 aliphatic heterocycles. The Morgan fingerprint density at radius 2 is 2.08 bits per heavy atom. The lowest BCUT2D eigenvalue weighted by Crippen LogP contribution is -2.39. The second-order valence-electron chi connectivity index (χ2n) is 5.89. The van der Waals surface area contributed by atoms with E-state index in [0.29, 0.717) is 16.3 Å². The Labute approximate surface area is 145 Å². The number of halogens is 1. The standard InChI is InChI=1S/C18H17ClN4O/c1-23-9-8-15(17(23)13-3-5-14(19)6-4-13)22-18(24)16-7-2-12(10-20)11-21-16/h2-7,11,15,17H,8-9H2,1H3,(H,22,24)/t15-,17-/m0/s1. The molecular weight excluding hydrogens is 324 g/mol. The summed E-state index contributed by atoms with van der Waals surface area (Å²) < 4.78 is 0. The maximum absolute atomic E-state index is 12.4. The van der Waals surface area contributed by atoms with Crippen molar-refractivity contribution in [3.63, 3.8) is 0 Å². The quantitative estimate of drug-likeness (QED) is 0.932. The largest absolute Gasteiger partial charge is 0.346 e. The highest BCUT2D eigenvalue weighted by Crippen LogP contribution is 2.31. The van der Waals surface area contributed by atoms with Crippen LogP contribution < -0.4 is 5.32 Å². The van der Waals surface area contributed by atoms with Gasteiger partial charge >= 0.3 is 0 Å². The predicted molar refractivity (Wildman–Crippen MR) is 91.6 cm³/mol. The Kier molecular flexibility index (Phi) is 4.79. The van der Waals surface area contributed by atoms with E-state index in [1.54, 1.807) is 12.1 Å². The summed E-state index contributed by atoms with van der Waals surface area (Å²) in [6, 6.07) is 13.0. The van der Waals surface area contributed by atoms with Gasteiger partial charge in [-0.1, -0.05) is 23.7 Å². The van der Waals surface area contributed by atoms with Crippen LogP contribution in [0.4, 0.5) is 0 Å². The van der Waals surface area contributed by atoms with Crippen molar-refractivity contribution in [1.82, 2.24) is 15.2 Å². The van der Waals surface area contributed by atoms with E-state index >= 15 is 0 Å². The van der Waals surface area contributed by atoms with Crippen LogP contribution in [0.1, 0.15) is 34.1 Å². The molecule has 0 spiro atoms. The van der Waals surface area contributed by atoms with Crippen LogP contribution in [0.15, 0.2) is 42.6 Å². The number of carbonyl (C=O) groups is 1. The van der Waals surface area contributed by atoms with Crippen LogP contribution in [-0.2, 0) is 0 Å². The summed E-state index contributed by atoms with van der Waals surface area (Å²) >= 11 is 5.97. The Morgan fingerprint density at radius 3 is 2.71 bits per heavy atom. The zero-order valence-corrected chi connectivity index (χ0v) is 14.0. The number of likely N-dealkylation sites (tertiary alicyclic amines) is 1. The van der Waals surface area contributed by atoms with Gasteiger partial charge in [0.2, 0.25) is 0 Å². The summed E-state index contributed by atoms with van der Waals surface area (Å²) in [4.78, 5) is 18.7. The molecule has 2 heterocycles. The van der Waals surface area contributed by atoms with E-state index in [2.05, 4.69) is 15.2 Å². The molecule has 0 saturated carbocycles. The molecule has 24 heavy (non-hydrogen) atoms. The van der Waals surface area contributed by atoms with Crippen LogP contribution in [0.5, 0.6) is 0 Å². The van der Waals surface area contributed by atoms with Crippen LogP contribution in [0.2, 0.25) is 5.02 Å². The van der Waals surface area contributed by atoms with E-state index in [1.807, 2.05) is 37.4 Å². The number of nitrogens with one attached hydrogen (secondary N) is 1. The summed E-state index contributed by atoms with van der Waals surface area (Å²) in [6.45, 7) is 0.902. The number of hydrogen-bond acceptors (Lipinski definition) is 4. The van der Waals surface area contributed by atoms with E-state index in [1.165, 1.54) is 6.20 Å². The fourth-order valence-corrected chi connectivity index (χ4v) is 3.21. The molecule has 1 aromatic heterocycles. The maximum Gasteiger partial charge on any atom is 0.270 e. The molecule has 1 N–H and O–H groups in total. The van der Waals surface area contributed by atoms with Gasteiger partial charge in [0.1, 0.15) is 11.8 Å². The number of carbonyl (C=O) groups excluding carboxylic acids is 1. The number of benzene rings is 1. The number of rotatable bonds is 3. The molecule has 0 unspecified atom stereocenters. The first kappa shape index (κ1) is 16.4. The molecule has 1 fully saturated rings. The third kappa shape index (κ3) is 3.40. The van der Waals surface area contributed by atoms with E-state index in [-0.39, 0.29) is 18.0 Å². The predicted octanol–water partition coefficient (Wildman–Crippen LogP) is 2.78. The van der Waals surface area contributed by atoms with Gasteiger partial charge in [-0.25, -0.2) is 4.98 Å². The summed E-state index contributed by atoms with van der Waals surface area (Å²) in [5.74, 6) is -0.223. The first-order chi connectivity index (χ1) is 11.6. The van der Waals surface area contributed by atoms with Gasteiger partial charge in [-0.2, -0.15) is 5.26 Å². The normalized spacial score (nSPS) is 20.5. The Bertz CT molecular complexity index is 767. The zero-order chi connectivity index (χ0) is 17.1. The van der Waals surface area contributed by atoms with Crippen LogP contribution in [0.25, 0.3) is 0 Å². The molecule has 5 nitrogen and oxygen atoms in total. The number of hydrogen-bond donors (Lipinski definition) is 1. The number of likely N-dealkylation sites (N-methyl/N-ethyl adjacent to an activating group) is 1. The molecular formula is C18H17ClN4O. The number of nitrogens with zero attached hydrogens (tertiary/aromatic N) is 3. The lowest BCUT2D eigenvalue weighted by molar-refractivity contribution is 0.0922. The lowest BCUT2D eigenvalue weighted by Gasteiger charge is -2.26. The Morgan fingerprint density at radius 1 is 1.33 bits per heavy atom. The summed E-state index contributed by atoms with van der Waals surface area (Å²) in [5, 5.41) is 12.6. The lowest BCUT2D eigenvalue weighted by atomic mass is 10.00. The fraction of sp³-hybridized carbons (Fsp3) is 0.278. The van der Waals surface area contributed by atoms with Crippen molar-refractivity contribution < 1.29 is 4.79 Å². The third-order valence-electron chi connectivity index (χ3n) is 4.30. The summed E-state index contributed by atoms with van der Waals surface area (Å²) in [5.41, 5.74) is 1.88. The molecule has 1 aromatic carbocycles. The zero-order valence-electron chi connectivity index (χ0n) is 13.2. The van der Waals surface area contributed by atoms with Crippen molar-refractivity contribution in [2.75, 3.05) is 13.6 Å². The van der Waals surface area contributed by atoms with Crippen LogP contribution >= 0.6 is 11.6 Å². The van der Waals surface area contributed by atoms with Crippen LogP contribution in [0.3, 0.4) is 0 Å². The van der Waals surface area contributed by atoms with Gasteiger partial charge in [0.25, 0.3) is 5.91 Å². The minimum atomic E-state index is -0.223. The number of nitriles is 1. The monoisotopic (exact) mass is 340 g/mol. The molecule has 1 aliphatic rings. The average molecular weight is 341 g/mol. The number of pyridine rings is 1. The van der Waals surface area contributed by atoms with Crippen molar-refractivity contribution in [3.05, 3.63) is 64.4 Å². The van der Waals surface area contributed by atoms with E-state index in [0.717, 1.165) is 18.5 Å². The topological polar surface area (TPSA) is 69.0 Å². The average Bonchev–Trinajstić information content (AvgIpc) is 2.96. The van der Waals surface area contributed by atoms with Gasteiger partial charge in [0, 0.05) is 17.8 Å². The van der Waals surface area contributed by atoms with Crippen molar-refractivity contribution in [2.45, 2.75) is 18.5 Å². The van der Waals surface area contributed by atoms with Gasteiger partial charge in [0.15, 0.2) is 0 Å². The van der Waals surface area contributed by atoms with Crippen molar-refractivity contribution >= 4 is 17.5 Å². The first-order valence-corrected chi connectivity index (χ1v) is 8.09. The second kappa shape index (κ2) is 7.00. The first-order valence-electron chi connectivity index (χ1n) is 7.71. The van der Waals surface area contributed by atoms with Crippen molar-refractivity contribution in [3.8, 4) is 6.07 Å². The van der Waals surface area contributed by atoms with E-state index in [9.17, 15) is 4.79 Å². The summed E-state index contributed by atoms with van der Waals surface area (Å²) in [6.07, 6.45) is 2.28. The molecule has 2 atom stereocenters. The molecule has 0 radical (unpaired) electrons. The van der Waals surface area contributed by atoms with Crippen molar-refractivity contribution in [2.24, 2.45) is 0 Å². The van der Waals surface area contributed by atoms with Gasteiger partial charge in [0.05, 0.1) is 17.6 Å². The number of aromatic nitrogens is 1. The van der Waals surface area contributed by atoms with Gasteiger partial charge < -0.3 is 5.32 Å². The Hall–Kier alpha value is -2.42. The molecule has 122 valence electrons. The van der Waals surface area contributed by atoms with E-state index in [4.69, 9.17) is 16.9 Å². The number of amides is 1. The molecule has 2 aromatic rings. The van der Waals surface area contributed by atoms with Crippen molar-refractivity contribution in [1.29, 1.82) is 5.26 Å². The highest BCUT2D eigenvalue weighted by atomic mass is 35.5. The Balaban J connectivity index is 1.76. The molecule has 3 rings (SSSR count). The third-order valence-corrected chi connectivity index (χ3v) is 4.55. The highest BCUT2D eigenvalue weighted by molar-refractivity contribution is 6.30. The molecule has 0 aliphatic carbocycles. The molecule has 6 heteroatoms. The highest BCUT2D eigenvalue weighted by Gasteiger charge is 2.34. The minimum absolute atomic E-state index is 0.00104. The van der Waals surface area contributed by atoms with Crippen LogP contribution in [-0.4, -0.2) is 35.4 Å². The maximum atomic E-state index is 12.4. The van der Waals surface area contributed by atoms with E-state index < -0.39 is 0 Å². The van der Waals surface area contributed by atoms with Gasteiger partial charge in [-0.3, -0.25) is 9.69 Å². The molecule has 1 saturated heterocycles. The minimum Gasteiger partial charge on any atom is -0.346 e. The molecule has 1 amide bonds. The van der Waals surface area contributed by atoms with Gasteiger partial charge in [-0.15, -0.1) is 0 Å². The summed E-state index contributed by atoms with van der Waals surface area (Å²) in [7, 11) is 2.05. The fourth-order valence-electron chi connectivity index (χ4n) is 3.08.